The number of para-hydroxylation sites is 1. The van der Waals surface area contributed by atoms with Gasteiger partial charge in [-0.2, -0.15) is 0 Å². The third-order valence-electron chi connectivity index (χ3n) is 3.19. The smallest absolute Gasteiger partial charge is 0.270 e. The molecule has 5 nitrogen and oxygen atoms in total. The number of carbonyl (C=O) groups excluding carboxylic acids is 1. The van der Waals surface area contributed by atoms with Crippen LogP contribution in [0.4, 0.5) is 5.69 Å². The quantitative estimate of drug-likeness (QED) is 0.925. The number of ether oxygens (including phenoxy) is 1. The molecule has 0 unspecified atom stereocenters. The standard InChI is InChI=1S/C15H19N3O2/c1-17-10-12(16)8-13(17)15(19)18(2)9-11-6-4-5-7-14(11)20-3/h4-8,10H,9,16H2,1-3H3. The van der Waals surface area contributed by atoms with Gasteiger partial charge in [0.25, 0.3) is 5.91 Å². The summed E-state index contributed by atoms with van der Waals surface area (Å²) in [5, 5.41) is 0. The summed E-state index contributed by atoms with van der Waals surface area (Å²) in [6, 6.07) is 9.34. The molecular formula is C15H19N3O2. The largest absolute Gasteiger partial charge is 0.496 e. The van der Waals surface area contributed by atoms with E-state index in [-0.39, 0.29) is 5.91 Å². The molecule has 0 atom stereocenters. The molecule has 2 rings (SSSR count). The number of nitrogens with two attached hydrogens (primary N) is 1. The summed E-state index contributed by atoms with van der Waals surface area (Å²) in [6.07, 6.45) is 1.73. The molecule has 2 aromatic rings. The monoisotopic (exact) mass is 273 g/mol. The van der Waals surface area contributed by atoms with Crippen LogP contribution < -0.4 is 10.5 Å². The van der Waals surface area contributed by atoms with Gasteiger partial charge in [-0.15, -0.1) is 0 Å². The number of nitrogen functional groups attached to an aromatic ring is 1. The highest BCUT2D eigenvalue weighted by Gasteiger charge is 2.17. The van der Waals surface area contributed by atoms with Crippen molar-refractivity contribution in [2.45, 2.75) is 6.54 Å². The van der Waals surface area contributed by atoms with Crippen molar-refractivity contribution in [1.82, 2.24) is 9.47 Å². The van der Waals surface area contributed by atoms with Gasteiger partial charge in [0.2, 0.25) is 0 Å². The van der Waals surface area contributed by atoms with E-state index < -0.39 is 0 Å². The zero-order chi connectivity index (χ0) is 14.7. The van der Waals surface area contributed by atoms with Gasteiger partial charge in [-0.1, -0.05) is 18.2 Å². The fraction of sp³-hybridized carbons (Fsp3) is 0.267. The number of amides is 1. The van der Waals surface area contributed by atoms with Crippen LogP contribution in [0.3, 0.4) is 0 Å². The van der Waals surface area contributed by atoms with Crippen LogP contribution in [0, 0.1) is 0 Å². The SMILES string of the molecule is COc1ccccc1CN(C)C(=O)c1cc(N)cn1C. The van der Waals surface area contributed by atoms with Crippen molar-refractivity contribution in [3.05, 3.63) is 47.8 Å². The van der Waals surface area contributed by atoms with Crippen LogP contribution in [0.2, 0.25) is 0 Å². The number of methoxy groups -OCH3 is 1. The number of aryl methyl sites for hydroxylation is 1. The molecule has 1 aromatic carbocycles. The molecule has 20 heavy (non-hydrogen) atoms. The summed E-state index contributed by atoms with van der Waals surface area (Å²) >= 11 is 0. The first kappa shape index (κ1) is 14.0. The maximum Gasteiger partial charge on any atom is 0.270 e. The molecule has 0 fully saturated rings. The van der Waals surface area contributed by atoms with Gasteiger partial charge >= 0.3 is 0 Å². The zero-order valence-electron chi connectivity index (χ0n) is 12.0. The van der Waals surface area contributed by atoms with E-state index in [0.29, 0.717) is 17.9 Å². The minimum atomic E-state index is -0.0740. The average Bonchev–Trinajstić information content (AvgIpc) is 2.77. The van der Waals surface area contributed by atoms with Crippen molar-refractivity contribution in [2.24, 2.45) is 7.05 Å². The number of nitrogens with zero attached hydrogens (tertiary/aromatic N) is 2. The Morgan fingerprint density at radius 3 is 2.70 bits per heavy atom. The third-order valence-corrected chi connectivity index (χ3v) is 3.19. The first-order valence-corrected chi connectivity index (χ1v) is 6.32. The lowest BCUT2D eigenvalue weighted by molar-refractivity contribution is 0.0775. The Hall–Kier alpha value is -2.43. The molecule has 0 saturated heterocycles. The van der Waals surface area contributed by atoms with Gasteiger partial charge in [-0.05, 0) is 12.1 Å². The highest BCUT2D eigenvalue weighted by Crippen LogP contribution is 2.20. The topological polar surface area (TPSA) is 60.5 Å². The first-order valence-electron chi connectivity index (χ1n) is 6.32. The van der Waals surface area contributed by atoms with Crippen molar-refractivity contribution >= 4 is 11.6 Å². The second kappa shape index (κ2) is 5.69. The van der Waals surface area contributed by atoms with Crippen LogP contribution in [0.1, 0.15) is 16.1 Å². The lowest BCUT2D eigenvalue weighted by atomic mass is 10.2. The predicted octanol–water partition coefficient (Wildman–Crippen LogP) is 1.89. The van der Waals surface area contributed by atoms with Gasteiger partial charge in [0.15, 0.2) is 0 Å². The Labute approximate surface area is 118 Å². The second-order valence-electron chi connectivity index (χ2n) is 4.74. The highest BCUT2D eigenvalue weighted by molar-refractivity contribution is 5.93. The van der Waals surface area contributed by atoms with Gasteiger partial charge < -0.3 is 19.9 Å². The second-order valence-corrected chi connectivity index (χ2v) is 4.74. The third kappa shape index (κ3) is 2.77. The van der Waals surface area contributed by atoms with Crippen LogP contribution in [-0.2, 0) is 13.6 Å². The van der Waals surface area contributed by atoms with Crippen LogP contribution in [-0.4, -0.2) is 29.5 Å². The van der Waals surface area contributed by atoms with Crippen molar-refractivity contribution < 1.29 is 9.53 Å². The maximum atomic E-state index is 12.4. The maximum absolute atomic E-state index is 12.4. The molecule has 0 spiro atoms. The van der Waals surface area contributed by atoms with E-state index in [1.54, 1.807) is 42.9 Å². The number of carbonyl (C=O) groups is 1. The van der Waals surface area contributed by atoms with Gasteiger partial charge in [-0.3, -0.25) is 4.79 Å². The van der Waals surface area contributed by atoms with E-state index in [1.807, 2.05) is 24.3 Å². The molecule has 0 aliphatic carbocycles. The molecule has 5 heteroatoms. The molecule has 0 bridgehead atoms. The summed E-state index contributed by atoms with van der Waals surface area (Å²) in [5.74, 6) is 0.702. The molecule has 0 aliphatic heterocycles. The Bertz CT molecular complexity index is 619. The van der Waals surface area contributed by atoms with Crippen molar-refractivity contribution in [3.63, 3.8) is 0 Å². The number of rotatable bonds is 4. The van der Waals surface area contributed by atoms with E-state index in [0.717, 1.165) is 11.3 Å². The van der Waals surface area contributed by atoms with Crippen molar-refractivity contribution in [2.75, 3.05) is 19.9 Å². The van der Waals surface area contributed by atoms with E-state index >= 15 is 0 Å². The van der Waals surface area contributed by atoms with Gasteiger partial charge in [-0.25, -0.2) is 0 Å². The summed E-state index contributed by atoms with van der Waals surface area (Å²) in [4.78, 5) is 14.0. The van der Waals surface area contributed by atoms with E-state index in [4.69, 9.17) is 10.5 Å². The molecule has 1 heterocycles. The summed E-state index contributed by atoms with van der Waals surface area (Å²) in [6.45, 7) is 0.480. The van der Waals surface area contributed by atoms with Crippen LogP contribution in [0.25, 0.3) is 0 Å². The normalized spacial score (nSPS) is 10.3. The molecule has 1 amide bonds. The fourth-order valence-corrected chi connectivity index (χ4v) is 2.16. The molecule has 0 saturated carbocycles. The Morgan fingerprint density at radius 2 is 2.10 bits per heavy atom. The number of hydrogen-bond acceptors (Lipinski definition) is 3. The van der Waals surface area contributed by atoms with Gasteiger partial charge in [0.05, 0.1) is 12.8 Å². The van der Waals surface area contributed by atoms with Crippen LogP contribution >= 0.6 is 0 Å². The lowest BCUT2D eigenvalue weighted by Gasteiger charge is -2.19. The minimum Gasteiger partial charge on any atom is -0.496 e. The molecule has 0 radical (unpaired) electrons. The fourth-order valence-electron chi connectivity index (χ4n) is 2.16. The lowest BCUT2D eigenvalue weighted by Crippen LogP contribution is -2.27. The van der Waals surface area contributed by atoms with E-state index in [9.17, 15) is 4.79 Å². The average molecular weight is 273 g/mol. The Morgan fingerprint density at radius 1 is 1.40 bits per heavy atom. The molecule has 2 N–H and O–H groups in total. The summed E-state index contributed by atoms with van der Waals surface area (Å²) < 4.78 is 7.03. The first-order chi connectivity index (χ1) is 9.52. The number of benzene rings is 1. The Balaban J connectivity index is 2.17. The zero-order valence-corrected chi connectivity index (χ0v) is 12.0. The molecule has 106 valence electrons. The predicted molar refractivity (Wildman–Crippen MR) is 78.6 cm³/mol. The minimum absolute atomic E-state index is 0.0740. The number of aromatic nitrogens is 1. The Kier molecular flexibility index (Phi) is 3.98. The molecular weight excluding hydrogens is 254 g/mol. The van der Waals surface area contributed by atoms with Crippen LogP contribution in [0.15, 0.2) is 36.5 Å². The highest BCUT2D eigenvalue weighted by atomic mass is 16.5. The number of hydrogen-bond donors (Lipinski definition) is 1. The molecule has 1 aromatic heterocycles. The molecule has 0 aliphatic rings. The van der Waals surface area contributed by atoms with Gasteiger partial charge in [0, 0.05) is 32.4 Å². The van der Waals surface area contributed by atoms with Crippen molar-refractivity contribution in [3.8, 4) is 5.75 Å². The van der Waals surface area contributed by atoms with E-state index in [1.165, 1.54) is 0 Å². The van der Waals surface area contributed by atoms with Crippen molar-refractivity contribution in [1.29, 1.82) is 0 Å². The number of anilines is 1. The van der Waals surface area contributed by atoms with Crippen LogP contribution in [0.5, 0.6) is 5.75 Å². The summed E-state index contributed by atoms with van der Waals surface area (Å²) in [7, 11) is 5.19. The van der Waals surface area contributed by atoms with E-state index in [2.05, 4.69) is 0 Å². The summed E-state index contributed by atoms with van der Waals surface area (Å²) in [5.41, 5.74) is 7.82. The van der Waals surface area contributed by atoms with Gasteiger partial charge in [0.1, 0.15) is 11.4 Å².